The molecule has 3 heterocycles. The van der Waals surface area contributed by atoms with Gasteiger partial charge in [-0.1, -0.05) is 32.0 Å². The summed E-state index contributed by atoms with van der Waals surface area (Å²) in [6.45, 7) is 7.55. The molecular weight excluding hydrogens is 524 g/mol. The number of hydrogen-bond acceptors (Lipinski definition) is 8. The fourth-order valence-electron chi connectivity index (χ4n) is 4.68. The Kier molecular flexibility index (Phi) is 8.34. The molecular formula is C28H32N2O6S2. The van der Waals surface area contributed by atoms with Crippen LogP contribution < -0.4 is 4.74 Å². The number of fused-ring (bicyclic) bond motifs is 1. The van der Waals surface area contributed by atoms with E-state index in [1.54, 1.807) is 19.1 Å². The normalized spacial score (nSPS) is 18.5. The van der Waals surface area contributed by atoms with Crippen LogP contribution in [-0.4, -0.2) is 49.2 Å². The molecule has 8 nitrogen and oxygen atoms in total. The van der Waals surface area contributed by atoms with Crippen molar-refractivity contribution in [1.29, 1.82) is 0 Å². The van der Waals surface area contributed by atoms with Gasteiger partial charge >= 0.3 is 5.97 Å². The molecule has 0 spiro atoms. The van der Waals surface area contributed by atoms with E-state index in [2.05, 4.69) is 4.98 Å². The third kappa shape index (κ3) is 5.52. The molecule has 0 saturated carbocycles. The molecule has 3 aromatic rings. The standard InChI is InChI=1S/C28H32N2O6S2/c1-6-22-16-30(38(33,34)26-14-29-12-11-23(26)36-22)15-21-13-20(8-7-17(21)2)27(18(3)28(32)35-5)25-10-9-24(37-25)19(4)31/h7-14,18,22,27H,6,15-16H2,1-5H3/t18-,22-,27+/m1/s1. The van der Waals surface area contributed by atoms with Crippen LogP contribution in [0.15, 0.2) is 53.7 Å². The van der Waals surface area contributed by atoms with Gasteiger partial charge in [0.2, 0.25) is 10.0 Å². The number of methoxy groups -OCH3 is 1. The molecule has 1 aromatic carbocycles. The van der Waals surface area contributed by atoms with Crippen LogP contribution in [0.4, 0.5) is 0 Å². The van der Waals surface area contributed by atoms with Gasteiger partial charge in [0, 0.05) is 23.5 Å². The van der Waals surface area contributed by atoms with Gasteiger partial charge in [0.05, 0.1) is 30.6 Å². The van der Waals surface area contributed by atoms with Crippen molar-refractivity contribution in [1.82, 2.24) is 9.29 Å². The van der Waals surface area contributed by atoms with Gasteiger partial charge in [-0.3, -0.25) is 14.6 Å². The maximum Gasteiger partial charge on any atom is 0.309 e. The maximum absolute atomic E-state index is 13.7. The average molecular weight is 557 g/mol. The van der Waals surface area contributed by atoms with E-state index in [-0.39, 0.29) is 41.8 Å². The van der Waals surface area contributed by atoms with Gasteiger partial charge in [-0.25, -0.2) is 8.42 Å². The number of pyridine rings is 1. The molecule has 0 radical (unpaired) electrons. The lowest BCUT2D eigenvalue weighted by molar-refractivity contribution is -0.145. The van der Waals surface area contributed by atoms with E-state index in [0.29, 0.717) is 17.0 Å². The first-order valence-electron chi connectivity index (χ1n) is 12.5. The summed E-state index contributed by atoms with van der Waals surface area (Å²) >= 11 is 1.36. The smallest absolute Gasteiger partial charge is 0.309 e. The van der Waals surface area contributed by atoms with E-state index < -0.39 is 15.9 Å². The van der Waals surface area contributed by atoms with Crippen LogP contribution in [-0.2, 0) is 26.1 Å². The average Bonchev–Trinajstić information content (AvgIpc) is 3.35. The van der Waals surface area contributed by atoms with E-state index in [1.165, 1.54) is 42.1 Å². The second kappa shape index (κ2) is 11.3. The van der Waals surface area contributed by atoms with Crippen molar-refractivity contribution in [3.63, 3.8) is 0 Å². The van der Waals surface area contributed by atoms with Crippen molar-refractivity contribution < 1.29 is 27.5 Å². The highest BCUT2D eigenvalue weighted by Crippen LogP contribution is 2.38. The van der Waals surface area contributed by atoms with Gasteiger partial charge in [0.25, 0.3) is 0 Å². The second-order valence-corrected chi connectivity index (χ2v) is 12.5. The molecule has 0 bridgehead atoms. The van der Waals surface area contributed by atoms with Crippen molar-refractivity contribution in [2.45, 2.75) is 57.6 Å². The first-order valence-corrected chi connectivity index (χ1v) is 14.7. The summed E-state index contributed by atoms with van der Waals surface area (Å²) in [5.41, 5.74) is 2.59. The Labute approximate surface area is 227 Å². The summed E-state index contributed by atoms with van der Waals surface area (Å²) in [5.74, 6) is -0.976. The van der Waals surface area contributed by atoms with E-state index >= 15 is 0 Å². The molecule has 10 heteroatoms. The van der Waals surface area contributed by atoms with Gasteiger partial charge in [-0.2, -0.15) is 4.31 Å². The molecule has 38 heavy (non-hydrogen) atoms. The van der Waals surface area contributed by atoms with Crippen LogP contribution in [0.5, 0.6) is 5.75 Å². The SMILES string of the molecule is CC[C@@H]1CN(Cc2cc([C@@H](c3ccc(C(C)=O)s3)[C@@H](C)C(=O)OC)ccc2C)S(=O)(=O)c2cnccc2O1. The zero-order valence-corrected chi connectivity index (χ0v) is 23.8. The van der Waals surface area contributed by atoms with E-state index in [9.17, 15) is 18.0 Å². The molecule has 0 unspecified atom stereocenters. The number of rotatable bonds is 8. The molecule has 0 fully saturated rings. The lowest BCUT2D eigenvalue weighted by Crippen LogP contribution is -2.36. The largest absolute Gasteiger partial charge is 0.488 e. The summed E-state index contributed by atoms with van der Waals surface area (Å²) < 4.78 is 39.8. The van der Waals surface area contributed by atoms with E-state index in [0.717, 1.165) is 21.6 Å². The highest BCUT2D eigenvalue weighted by Gasteiger charge is 2.35. The fourth-order valence-corrected chi connectivity index (χ4v) is 7.33. The Morgan fingerprint density at radius 2 is 2.00 bits per heavy atom. The van der Waals surface area contributed by atoms with Crippen LogP contribution in [0, 0.1) is 12.8 Å². The number of ether oxygens (including phenoxy) is 2. The maximum atomic E-state index is 13.7. The molecule has 4 rings (SSSR count). The Morgan fingerprint density at radius 1 is 1.24 bits per heavy atom. The molecule has 2 aromatic heterocycles. The lowest BCUT2D eigenvalue weighted by Gasteiger charge is -2.25. The van der Waals surface area contributed by atoms with Gasteiger partial charge in [0.15, 0.2) is 5.78 Å². The van der Waals surface area contributed by atoms with Crippen LogP contribution in [0.2, 0.25) is 0 Å². The third-order valence-corrected chi connectivity index (χ3v) is 10.0. The number of aromatic nitrogens is 1. The molecule has 0 aliphatic carbocycles. The van der Waals surface area contributed by atoms with E-state index in [4.69, 9.17) is 9.47 Å². The second-order valence-electron chi connectivity index (χ2n) is 9.50. The van der Waals surface area contributed by atoms with Crippen molar-refractivity contribution in [3.8, 4) is 5.75 Å². The number of benzene rings is 1. The minimum atomic E-state index is -3.87. The predicted octanol–water partition coefficient (Wildman–Crippen LogP) is 4.96. The Balaban J connectivity index is 1.76. The number of carbonyl (C=O) groups is 2. The van der Waals surface area contributed by atoms with Crippen molar-refractivity contribution in [2.75, 3.05) is 13.7 Å². The van der Waals surface area contributed by atoms with Crippen LogP contribution in [0.1, 0.15) is 64.3 Å². The third-order valence-electron chi connectivity index (χ3n) is 6.95. The van der Waals surface area contributed by atoms with Crippen molar-refractivity contribution >= 4 is 33.1 Å². The highest BCUT2D eigenvalue weighted by molar-refractivity contribution is 7.89. The Bertz CT molecular complexity index is 1450. The van der Waals surface area contributed by atoms with E-state index in [1.807, 2.05) is 38.1 Å². The molecule has 3 atom stereocenters. The number of sulfonamides is 1. The molecule has 1 aliphatic heterocycles. The van der Waals surface area contributed by atoms with Crippen LogP contribution >= 0.6 is 11.3 Å². The van der Waals surface area contributed by atoms with Gasteiger partial charge < -0.3 is 9.47 Å². The molecule has 0 N–H and O–H groups in total. The topological polar surface area (TPSA) is 103 Å². The monoisotopic (exact) mass is 556 g/mol. The first-order chi connectivity index (χ1) is 18.1. The fraction of sp³-hybridized carbons (Fsp3) is 0.393. The number of hydrogen-bond donors (Lipinski definition) is 0. The van der Waals surface area contributed by atoms with Crippen molar-refractivity contribution in [2.24, 2.45) is 5.92 Å². The lowest BCUT2D eigenvalue weighted by atomic mass is 9.84. The van der Waals surface area contributed by atoms with Crippen LogP contribution in [0.3, 0.4) is 0 Å². The summed E-state index contributed by atoms with van der Waals surface area (Å²) in [6, 6.07) is 11.1. The molecule has 1 aliphatic rings. The summed E-state index contributed by atoms with van der Waals surface area (Å²) in [6.07, 6.45) is 3.19. The van der Waals surface area contributed by atoms with Crippen molar-refractivity contribution in [3.05, 3.63) is 75.2 Å². The highest BCUT2D eigenvalue weighted by atomic mass is 32.2. The first kappa shape index (κ1) is 27.9. The van der Waals surface area contributed by atoms with Gasteiger partial charge in [-0.15, -0.1) is 11.3 Å². The predicted molar refractivity (Wildman–Crippen MR) is 145 cm³/mol. The van der Waals surface area contributed by atoms with Gasteiger partial charge in [-0.05, 0) is 55.2 Å². The summed E-state index contributed by atoms with van der Waals surface area (Å²) in [7, 11) is -2.51. The Hall–Kier alpha value is -3.08. The number of aryl methyl sites for hydroxylation is 1. The number of nitrogens with zero attached hydrogens (tertiary/aromatic N) is 2. The number of esters is 1. The minimum absolute atomic E-state index is 0.0378. The number of thiophene rings is 1. The number of carbonyl (C=O) groups excluding carboxylic acids is 2. The zero-order valence-electron chi connectivity index (χ0n) is 22.1. The molecule has 0 saturated heterocycles. The summed E-state index contributed by atoms with van der Waals surface area (Å²) in [5, 5.41) is 0. The van der Waals surface area contributed by atoms with Crippen LogP contribution in [0.25, 0.3) is 0 Å². The summed E-state index contributed by atoms with van der Waals surface area (Å²) in [4.78, 5) is 30.1. The zero-order chi connectivity index (χ0) is 27.6. The molecule has 0 amide bonds. The number of Topliss-reactive ketones (excluding diaryl/α,β-unsaturated/α-hetero) is 1. The quantitative estimate of drug-likeness (QED) is 0.285. The molecule has 202 valence electrons. The Morgan fingerprint density at radius 3 is 2.66 bits per heavy atom. The number of ketones is 1. The minimum Gasteiger partial charge on any atom is -0.488 e. The van der Waals surface area contributed by atoms with Gasteiger partial charge in [0.1, 0.15) is 16.7 Å².